The molecule has 1 unspecified atom stereocenters. The molecule has 1 aromatic heterocycles. The van der Waals surface area contributed by atoms with Crippen LogP contribution in [0.15, 0.2) is 65.2 Å². The van der Waals surface area contributed by atoms with Gasteiger partial charge in [-0.15, -0.1) is 0 Å². The largest absolute Gasteiger partial charge is 0.361 e. The van der Waals surface area contributed by atoms with E-state index in [1.807, 2.05) is 36.4 Å². The molecule has 0 aliphatic carbocycles. The highest BCUT2D eigenvalue weighted by Gasteiger charge is 2.46. The van der Waals surface area contributed by atoms with Gasteiger partial charge in [0.2, 0.25) is 11.8 Å². The van der Waals surface area contributed by atoms with E-state index in [1.54, 1.807) is 24.1 Å². The van der Waals surface area contributed by atoms with Crippen molar-refractivity contribution in [2.45, 2.75) is 25.7 Å². The first-order chi connectivity index (χ1) is 15.5. The van der Waals surface area contributed by atoms with Gasteiger partial charge in [-0.05, 0) is 30.5 Å². The van der Waals surface area contributed by atoms with E-state index in [0.29, 0.717) is 44.5 Å². The number of aromatic nitrogens is 1. The van der Waals surface area contributed by atoms with Crippen LogP contribution in [-0.4, -0.2) is 42.0 Å². The Kier molecular flexibility index (Phi) is 6.35. The molecule has 2 amide bonds. The number of carbonyl (C=O) groups is 2. The Morgan fingerprint density at radius 1 is 1.16 bits per heavy atom. The second-order valence-corrected chi connectivity index (χ2v) is 8.27. The van der Waals surface area contributed by atoms with Crippen molar-refractivity contribution >= 4 is 11.8 Å². The number of nitrogens with zero attached hydrogens (tertiary/aromatic N) is 2. The van der Waals surface area contributed by atoms with Crippen molar-refractivity contribution in [2.24, 2.45) is 5.41 Å². The Labute approximate surface area is 186 Å². The maximum absolute atomic E-state index is 13.1. The Balaban J connectivity index is 1.43. The summed E-state index contributed by atoms with van der Waals surface area (Å²) in [6.45, 7) is 0.839. The average Bonchev–Trinajstić information content (AvgIpc) is 3.47. The van der Waals surface area contributed by atoms with Crippen LogP contribution in [0, 0.1) is 11.2 Å². The van der Waals surface area contributed by atoms with Gasteiger partial charge in [-0.2, -0.15) is 0 Å². The standard InChI is InChI=1S/C25H26FN3O3/c1-27-24(31)25(16-21-15-22(28-32-21)19-5-3-2-4-6-19)13-14-29(17-25)23(30)12-9-18-7-10-20(26)11-8-18/h2-8,10-11,15H,9,12-14,16-17H2,1H3,(H,27,31). The smallest absolute Gasteiger partial charge is 0.228 e. The second-order valence-electron chi connectivity index (χ2n) is 8.27. The van der Waals surface area contributed by atoms with Crippen molar-refractivity contribution in [2.75, 3.05) is 20.1 Å². The minimum atomic E-state index is -0.756. The molecule has 0 saturated carbocycles. The molecule has 32 heavy (non-hydrogen) atoms. The third kappa shape index (κ3) is 4.72. The van der Waals surface area contributed by atoms with E-state index < -0.39 is 5.41 Å². The molecule has 1 saturated heterocycles. The van der Waals surface area contributed by atoms with E-state index >= 15 is 0 Å². The first kappa shape index (κ1) is 21.7. The van der Waals surface area contributed by atoms with Crippen LogP contribution in [0.5, 0.6) is 0 Å². The van der Waals surface area contributed by atoms with Crippen LogP contribution in [0.2, 0.25) is 0 Å². The van der Waals surface area contributed by atoms with E-state index in [4.69, 9.17) is 4.52 Å². The summed E-state index contributed by atoms with van der Waals surface area (Å²) in [5.74, 6) is 0.206. The molecule has 4 rings (SSSR count). The molecule has 1 fully saturated rings. The van der Waals surface area contributed by atoms with Crippen LogP contribution in [0.25, 0.3) is 11.3 Å². The number of halogens is 1. The summed E-state index contributed by atoms with van der Waals surface area (Å²) in [5.41, 5.74) is 1.82. The highest BCUT2D eigenvalue weighted by Crippen LogP contribution is 2.36. The SMILES string of the molecule is CNC(=O)C1(Cc2cc(-c3ccccc3)no2)CCN(C(=O)CCc2ccc(F)cc2)C1. The van der Waals surface area contributed by atoms with E-state index in [9.17, 15) is 14.0 Å². The molecule has 0 bridgehead atoms. The van der Waals surface area contributed by atoms with Gasteiger partial charge in [-0.3, -0.25) is 9.59 Å². The van der Waals surface area contributed by atoms with Gasteiger partial charge in [-0.25, -0.2) is 4.39 Å². The van der Waals surface area contributed by atoms with Crippen LogP contribution < -0.4 is 5.32 Å². The molecular weight excluding hydrogens is 409 g/mol. The number of aryl methyl sites for hydroxylation is 1. The zero-order chi connectivity index (χ0) is 22.6. The van der Waals surface area contributed by atoms with Gasteiger partial charge in [0.05, 0.1) is 5.41 Å². The Bertz CT molecular complexity index is 1080. The van der Waals surface area contributed by atoms with Gasteiger partial charge in [0.25, 0.3) is 0 Å². The highest BCUT2D eigenvalue weighted by molar-refractivity contribution is 5.85. The molecule has 3 aromatic rings. The van der Waals surface area contributed by atoms with Crippen molar-refractivity contribution in [3.8, 4) is 11.3 Å². The molecule has 1 atom stereocenters. The van der Waals surface area contributed by atoms with Crippen LogP contribution in [0.4, 0.5) is 4.39 Å². The fourth-order valence-electron chi connectivity index (χ4n) is 4.30. The summed E-state index contributed by atoms with van der Waals surface area (Å²) in [7, 11) is 1.61. The average molecular weight is 435 g/mol. The van der Waals surface area contributed by atoms with Gasteiger partial charge in [0.15, 0.2) is 0 Å². The maximum atomic E-state index is 13.1. The van der Waals surface area contributed by atoms with Crippen molar-refractivity contribution in [3.05, 3.63) is 77.8 Å². The predicted molar refractivity (Wildman–Crippen MR) is 118 cm³/mol. The van der Waals surface area contributed by atoms with Crippen molar-refractivity contribution in [1.82, 2.24) is 15.4 Å². The third-order valence-corrected chi connectivity index (χ3v) is 6.10. The molecule has 0 radical (unpaired) electrons. The van der Waals surface area contributed by atoms with E-state index in [-0.39, 0.29) is 17.6 Å². The second kappa shape index (κ2) is 9.34. The summed E-state index contributed by atoms with van der Waals surface area (Å²) in [6.07, 6.45) is 1.77. The number of carbonyl (C=O) groups excluding carboxylic acids is 2. The molecular formula is C25H26FN3O3. The van der Waals surface area contributed by atoms with Crippen LogP contribution in [0.3, 0.4) is 0 Å². The lowest BCUT2D eigenvalue weighted by atomic mass is 9.81. The van der Waals surface area contributed by atoms with Crippen LogP contribution >= 0.6 is 0 Å². The van der Waals surface area contributed by atoms with E-state index in [2.05, 4.69) is 10.5 Å². The number of rotatable bonds is 7. The molecule has 0 spiro atoms. The molecule has 2 aromatic carbocycles. The zero-order valence-electron chi connectivity index (χ0n) is 18.0. The van der Waals surface area contributed by atoms with Gasteiger partial charge >= 0.3 is 0 Å². The van der Waals surface area contributed by atoms with Crippen LogP contribution in [0.1, 0.15) is 24.2 Å². The number of hydrogen-bond donors (Lipinski definition) is 1. The maximum Gasteiger partial charge on any atom is 0.228 e. The predicted octanol–water partition coefficient (Wildman–Crippen LogP) is 3.62. The molecule has 1 aliphatic rings. The number of hydrogen-bond acceptors (Lipinski definition) is 4. The van der Waals surface area contributed by atoms with Crippen molar-refractivity contribution in [3.63, 3.8) is 0 Å². The Morgan fingerprint density at radius 3 is 2.62 bits per heavy atom. The van der Waals surface area contributed by atoms with Gasteiger partial charge in [0, 0.05) is 44.6 Å². The number of nitrogens with one attached hydrogen (secondary N) is 1. The molecule has 7 heteroatoms. The molecule has 6 nitrogen and oxygen atoms in total. The summed E-state index contributed by atoms with van der Waals surface area (Å²) in [5, 5.41) is 6.91. The number of likely N-dealkylation sites (tertiary alicyclic amines) is 1. The number of benzene rings is 2. The van der Waals surface area contributed by atoms with Crippen LogP contribution in [-0.2, 0) is 22.4 Å². The summed E-state index contributed by atoms with van der Waals surface area (Å²) in [4.78, 5) is 27.4. The lowest BCUT2D eigenvalue weighted by molar-refractivity contribution is -0.133. The first-order valence-electron chi connectivity index (χ1n) is 10.7. The van der Waals surface area contributed by atoms with Gasteiger partial charge < -0.3 is 14.7 Å². The topological polar surface area (TPSA) is 75.4 Å². The van der Waals surface area contributed by atoms with Crippen molar-refractivity contribution in [1.29, 1.82) is 0 Å². The molecule has 1 aliphatic heterocycles. The molecule has 1 N–H and O–H groups in total. The van der Waals surface area contributed by atoms with E-state index in [1.165, 1.54) is 12.1 Å². The quantitative estimate of drug-likeness (QED) is 0.615. The molecule has 166 valence electrons. The van der Waals surface area contributed by atoms with E-state index in [0.717, 1.165) is 16.8 Å². The van der Waals surface area contributed by atoms with Gasteiger partial charge in [-0.1, -0.05) is 47.6 Å². The molecule has 2 heterocycles. The Hall–Kier alpha value is -3.48. The fraction of sp³-hybridized carbons (Fsp3) is 0.320. The first-order valence-corrected chi connectivity index (χ1v) is 10.7. The summed E-state index contributed by atoms with van der Waals surface area (Å²) >= 11 is 0. The number of amides is 2. The summed E-state index contributed by atoms with van der Waals surface area (Å²) < 4.78 is 18.6. The van der Waals surface area contributed by atoms with Gasteiger partial charge in [0.1, 0.15) is 17.3 Å². The zero-order valence-corrected chi connectivity index (χ0v) is 18.0. The third-order valence-electron chi connectivity index (χ3n) is 6.10. The Morgan fingerprint density at radius 2 is 1.91 bits per heavy atom. The summed E-state index contributed by atoms with van der Waals surface area (Å²) in [6, 6.07) is 17.7. The minimum absolute atomic E-state index is 0.0114. The van der Waals surface area contributed by atoms with Crippen molar-refractivity contribution < 1.29 is 18.5 Å². The normalized spacial score (nSPS) is 18.0. The monoisotopic (exact) mass is 435 g/mol. The lowest BCUT2D eigenvalue weighted by Gasteiger charge is -2.26. The minimum Gasteiger partial charge on any atom is -0.361 e. The lowest BCUT2D eigenvalue weighted by Crippen LogP contribution is -2.44. The fourth-order valence-corrected chi connectivity index (χ4v) is 4.30. The highest BCUT2D eigenvalue weighted by atomic mass is 19.1.